The van der Waals surface area contributed by atoms with E-state index < -0.39 is 43.0 Å². The van der Waals surface area contributed by atoms with Crippen LogP contribution >= 0.6 is 15.9 Å². The largest absolute Gasteiger partial charge is 2.00 e. The molecule has 6 rings (SSSR count). The SMILES string of the molecule is CCCc1ccc(-c2ccc(Br)cc2)cc1.CCCc1ccc(-c2ccc([Si](C)(C)c3ccc(F)c(F)c3F)cc2)cc1.Fc1[c-]ccc(F)c1F.[Br-].[Mg+2]. The van der Waals surface area contributed by atoms with Gasteiger partial charge in [0.25, 0.3) is 0 Å². The first-order chi connectivity index (χ1) is 24.8. The fourth-order valence-corrected chi connectivity index (χ4v) is 8.35. The first kappa shape index (κ1) is 47.0. The van der Waals surface area contributed by atoms with Crippen molar-refractivity contribution in [3.63, 3.8) is 0 Å². The van der Waals surface area contributed by atoms with Gasteiger partial charge in [-0.1, -0.05) is 152 Å². The van der Waals surface area contributed by atoms with Crippen molar-refractivity contribution < 1.29 is 43.3 Å². The molecule has 0 atom stereocenters. The molecule has 0 aliphatic carbocycles. The van der Waals surface area contributed by atoms with E-state index in [1.54, 1.807) is 0 Å². The summed E-state index contributed by atoms with van der Waals surface area (Å²) in [5, 5.41) is 1.25. The molecule has 0 saturated carbocycles. The number of rotatable bonds is 8. The van der Waals surface area contributed by atoms with Crippen LogP contribution in [0.2, 0.25) is 13.1 Å². The third kappa shape index (κ3) is 12.7. The molecule has 278 valence electrons. The van der Waals surface area contributed by atoms with Gasteiger partial charge in [-0.25, -0.2) is 22.0 Å². The molecule has 0 amide bonds. The molecule has 0 nitrogen and oxygen atoms in total. The minimum absolute atomic E-state index is 0. The molecule has 0 radical (unpaired) electrons. The Labute approximate surface area is 351 Å². The van der Waals surface area contributed by atoms with Gasteiger partial charge in [0.2, 0.25) is 0 Å². The maximum atomic E-state index is 14.3. The van der Waals surface area contributed by atoms with E-state index in [-0.39, 0.29) is 45.2 Å². The Kier molecular flexibility index (Phi) is 19.5. The van der Waals surface area contributed by atoms with Gasteiger partial charge in [0.1, 0.15) is 8.07 Å². The fraction of sp³-hybridized carbons (Fsp3) is 0.182. The van der Waals surface area contributed by atoms with Crippen LogP contribution in [-0.4, -0.2) is 31.1 Å². The summed E-state index contributed by atoms with van der Waals surface area (Å²) in [5.74, 6) is -7.55. The summed E-state index contributed by atoms with van der Waals surface area (Å²) in [4.78, 5) is 0. The molecule has 10 heteroatoms. The predicted molar refractivity (Wildman–Crippen MR) is 213 cm³/mol. The smallest absolute Gasteiger partial charge is 1.00 e. The van der Waals surface area contributed by atoms with E-state index in [0.717, 1.165) is 51.8 Å². The van der Waals surface area contributed by atoms with Crippen LogP contribution in [0.15, 0.2) is 126 Å². The summed E-state index contributed by atoms with van der Waals surface area (Å²) < 4.78 is 78.2. The average Bonchev–Trinajstić information content (AvgIpc) is 3.15. The normalized spacial score (nSPS) is 10.5. The van der Waals surface area contributed by atoms with Crippen molar-refractivity contribution in [2.45, 2.75) is 52.6 Å². The van der Waals surface area contributed by atoms with E-state index in [9.17, 15) is 26.3 Å². The summed E-state index contributed by atoms with van der Waals surface area (Å²) in [5.41, 5.74) is 7.50. The maximum Gasteiger partial charge on any atom is 2.00 e. The van der Waals surface area contributed by atoms with Crippen molar-refractivity contribution >= 4 is 57.4 Å². The van der Waals surface area contributed by atoms with E-state index >= 15 is 0 Å². The second-order valence-electron chi connectivity index (χ2n) is 12.8. The van der Waals surface area contributed by atoms with Gasteiger partial charge in [-0.15, -0.1) is 12.1 Å². The number of hydrogen-bond donors (Lipinski definition) is 0. The quantitative estimate of drug-likeness (QED) is 0.0620. The molecule has 54 heavy (non-hydrogen) atoms. The van der Waals surface area contributed by atoms with Crippen LogP contribution in [0.1, 0.15) is 37.8 Å². The zero-order chi connectivity index (χ0) is 37.8. The number of aryl methyl sites for hydroxylation is 2. The zero-order valence-corrected chi connectivity index (χ0v) is 36.2. The summed E-state index contributed by atoms with van der Waals surface area (Å²) in [6, 6.07) is 39.8. The summed E-state index contributed by atoms with van der Waals surface area (Å²) >= 11 is 3.45. The molecule has 0 aliphatic heterocycles. The van der Waals surface area contributed by atoms with Gasteiger partial charge >= 0.3 is 23.1 Å². The third-order valence-electron chi connectivity index (χ3n) is 8.65. The molecule has 0 N–H and O–H groups in total. The van der Waals surface area contributed by atoms with Gasteiger partial charge in [0.15, 0.2) is 17.5 Å². The Morgan fingerprint density at radius 2 is 0.926 bits per heavy atom. The van der Waals surface area contributed by atoms with Gasteiger partial charge in [-0.05, 0) is 69.6 Å². The van der Waals surface area contributed by atoms with E-state index in [4.69, 9.17) is 0 Å². The van der Waals surface area contributed by atoms with Crippen molar-refractivity contribution in [1.29, 1.82) is 0 Å². The molecule has 0 aliphatic rings. The monoisotopic (exact) mass is 892 g/mol. The molecule has 0 heterocycles. The zero-order valence-electron chi connectivity index (χ0n) is 30.6. The van der Waals surface area contributed by atoms with Crippen LogP contribution in [0.3, 0.4) is 0 Å². The van der Waals surface area contributed by atoms with Crippen molar-refractivity contribution in [3.05, 3.63) is 178 Å². The Bertz CT molecular complexity index is 2020. The standard InChI is InChI=1S/C23H23F3Si.C15H15Br.C6H2F3.BrH.Mg/c1-4-5-16-6-8-17(9-7-16)18-10-12-19(13-11-18)27(2,3)21-15-14-20(24)22(25)23(21)26;1-2-3-12-4-6-13(7-5-12)14-8-10-15(16)11-9-14;7-4-2-1-3-5(8)6(4)9;;/h6-15H,4-5H2,1-3H3;4-11H,2-3H2,1H3;1-2H;1H;/q;;-1;;+2/p-1. The van der Waals surface area contributed by atoms with Gasteiger partial charge < -0.3 is 17.0 Å². The third-order valence-corrected chi connectivity index (χ3v) is 12.7. The Morgan fingerprint density at radius 1 is 0.519 bits per heavy atom. The van der Waals surface area contributed by atoms with Crippen molar-refractivity contribution in [1.82, 2.24) is 0 Å². The second kappa shape index (κ2) is 22.4. The van der Waals surface area contributed by atoms with E-state index in [2.05, 4.69) is 103 Å². The molecule has 0 aromatic heterocycles. The molecule has 6 aromatic rings. The van der Waals surface area contributed by atoms with Gasteiger partial charge in [-0.2, -0.15) is 6.07 Å². The summed E-state index contributed by atoms with van der Waals surface area (Å²) in [6.45, 7) is 8.26. The van der Waals surface area contributed by atoms with E-state index in [0.29, 0.717) is 0 Å². The van der Waals surface area contributed by atoms with E-state index in [1.807, 2.05) is 43.4 Å². The molecule has 0 bridgehead atoms. The van der Waals surface area contributed by atoms with Crippen LogP contribution in [0.25, 0.3) is 22.3 Å². The van der Waals surface area contributed by atoms with E-state index in [1.165, 1.54) is 41.2 Å². The topological polar surface area (TPSA) is 0 Å². The fourth-order valence-electron chi connectivity index (χ4n) is 5.62. The number of benzene rings is 6. The first-order valence-electron chi connectivity index (χ1n) is 17.1. The number of hydrogen-bond acceptors (Lipinski definition) is 0. The molecule has 0 saturated heterocycles. The summed E-state index contributed by atoms with van der Waals surface area (Å²) in [6.07, 6.45) is 4.56. The summed E-state index contributed by atoms with van der Waals surface area (Å²) in [7, 11) is -2.48. The van der Waals surface area contributed by atoms with Crippen LogP contribution in [0, 0.1) is 41.0 Å². The Morgan fingerprint density at radius 3 is 1.33 bits per heavy atom. The van der Waals surface area contributed by atoms with Crippen LogP contribution in [0.5, 0.6) is 0 Å². The van der Waals surface area contributed by atoms with Crippen molar-refractivity contribution in [3.8, 4) is 22.3 Å². The molecular weight excluding hydrogens is 855 g/mol. The number of halogens is 8. The molecule has 0 fully saturated rings. The van der Waals surface area contributed by atoms with Crippen molar-refractivity contribution in [2.24, 2.45) is 0 Å². The predicted octanol–water partition coefficient (Wildman–Crippen LogP) is 9.14. The maximum absolute atomic E-state index is 14.3. The minimum Gasteiger partial charge on any atom is -1.00 e. The first-order valence-corrected chi connectivity index (χ1v) is 20.8. The molecule has 0 spiro atoms. The van der Waals surface area contributed by atoms with Crippen LogP contribution in [0.4, 0.5) is 26.3 Å². The molecule has 0 unspecified atom stereocenters. The minimum atomic E-state index is -2.48. The van der Waals surface area contributed by atoms with Crippen LogP contribution in [-0.2, 0) is 12.8 Å². The average molecular weight is 895 g/mol. The van der Waals surface area contributed by atoms with Crippen molar-refractivity contribution in [2.75, 3.05) is 0 Å². The Hall–Kier alpha value is -3.16. The molecule has 6 aromatic carbocycles. The second-order valence-corrected chi connectivity index (χ2v) is 18.1. The van der Waals surface area contributed by atoms with Gasteiger partial charge in [0, 0.05) is 10.3 Å². The van der Waals surface area contributed by atoms with Gasteiger partial charge in [0.05, 0.1) is 11.6 Å². The molecular formula is C44H40Br2F6MgSi. The van der Waals surface area contributed by atoms with Gasteiger partial charge in [-0.3, -0.25) is 4.39 Å². The Balaban J connectivity index is 0.000000316. The van der Waals surface area contributed by atoms with Crippen LogP contribution < -0.4 is 27.4 Å².